The van der Waals surface area contributed by atoms with Crippen molar-refractivity contribution in [3.63, 3.8) is 0 Å². The molecule has 0 rings (SSSR count). The first-order valence-corrected chi connectivity index (χ1v) is 6.24. The second-order valence-corrected chi connectivity index (χ2v) is 4.23. The summed E-state index contributed by atoms with van der Waals surface area (Å²) >= 11 is 0. The fourth-order valence-corrected chi connectivity index (χ4v) is 1.81. The number of carboxylic acids is 1. The molecular weight excluding hydrogens is 211 g/mol. The molecule has 0 aromatic rings. The monoisotopic (exact) mass is 237 g/mol. The summed E-state index contributed by atoms with van der Waals surface area (Å²) in [7, 11) is 0. The first-order valence-electron chi connectivity index (χ1n) is 6.24. The van der Waals surface area contributed by atoms with E-state index in [0.29, 0.717) is 0 Å². The summed E-state index contributed by atoms with van der Waals surface area (Å²) in [6, 6.07) is 0. The van der Waals surface area contributed by atoms with Gasteiger partial charge in [0, 0.05) is 0 Å². The third-order valence-corrected chi connectivity index (χ3v) is 2.81. The molecule has 0 heterocycles. The van der Waals surface area contributed by atoms with Crippen LogP contribution in [0, 0.1) is 12.8 Å². The van der Waals surface area contributed by atoms with Gasteiger partial charge in [-0.05, 0) is 12.8 Å². The van der Waals surface area contributed by atoms with Crippen LogP contribution in [0.4, 0.5) is 0 Å². The van der Waals surface area contributed by atoms with E-state index in [1.807, 2.05) is 0 Å². The van der Waals surface area contributed by atoms with Crippen LogP contribution >= 0.6 is 0 Å². The van der Waals surface area contributed by atoms with E-state index in [1.54, 1.807) is 0 Å². The van der Waals surface area contributed by atoms with Crippen LogP contribution < -0.4 is 0 Å². The Morgan fingerprint density at radius 3 is 2.19 bits per heavy atom. The predicted octanol–water partition coefficient (Wildman–Crippen LogP) is 3.40. The van der Waals surface area contributed by atoms with Crippen molar-refractivity contribution < 1.29 is 9.90 Å². The summed E-state index contributed by atoms with van der Waals surface area (Å²) in [6.45, 7) is 5.92. The third kappa shape index (κ3) is 11.0. The van der Waals surface area contributed by atoms with E-state index in [4.69, 9.17) is 5.11 Å². The van der Waals surface area contributed by atoms with Crippen molar-refractivity contribution in [2.45, 2.75) is 64.7 Å². The standard InChI is InChI=1S/C13H25O2.Na.H/c1-3-5-6-7-8-9-11-12(10-4-2)13(14)15;;/h12H,2-11H2,1H3,(H,14,15);;. The van der Waals surface area contributed by atoms with Crippen LogP contribution in [0.5, 0.6) is 0 Å². The molecule has 0 amide bonds. The second-order valence-electron chi connectivity index (χ2n) is 4.23. The van der Waals surface area contributed by atoms with Gasteiger partial charge < -0.3 is 5.11 Å². The quantitative estimate of drug-likeness (QED) is 0.467. The molecule has 0 spiro atoms. The molecule has 0 saturated carbocycles. The summed E-state index contributed by atoms with van der Waals surface area (Å²) in [5, 5.41) is 8.92. The van der Waals surface area contributed by atoms with Gasteiger partial charge in [-0.1, -0.05) is 58.8 Å². The summed E-state index contributed by atoms with van der Waals surface area (Å²) in [6.07, 6.45) is 9.64. The molecule has 0 aliphatic carbocycles. The Morgan fingerprint density at radius 2 is 1.69 bits per heavy atom. The first kappa shape index (κ1) is 18.8. The third-order valence-electron chi connectivity index (χ3n) is 2.81. The molecule has 91 valence electrons. The van der Waals surface area contributed by atoms with Gasteiger partial charge in [0.1, 0.15) is 0 Å². The van der Waals surface area contributed by atoms with Crippen molar-refractivity contribution in [2.24, 2.45) is 5.92 Å². The van der Waals surface area contributed by atoms with Crippen LogP contribution in [-0.4, -0.2) is 40.6 Å². The van der Waals surface area contributed by atoms with Crippen molar-refractivity contribution in [1.29, 1.82) is 0 Å². The van der Waals surface area contributed by atoms with E-state index in [9.17, 15) is 4.79 Å². The Morgan fingerprint density at radius 1 is 1.12 bits per heavy atom. The molecule has 0 aromatic carbocycles. The summed E-state index contributed by atoms with van der Waals surface area (Å²) in [5.74, 6) is -0.805. The zero-order valence-electron chi connectivity index (χ0n) is 10.0. The number of carbonyl (C=O) groups is 1. The predicted molar refractivity (Wildman–Crippen MR) is 70.9 cm³/mol. The van der Waals surface area contributed by atoms with Gasteiger partial charge in [0.2, 0.25) is 0 Å². The van der Waals surface area contributed by atoms with Gasteiger partial charge in [0.25, 0.3) is 0 Å². The molecule has 3 heteroatoms. The maximum atomic E-state index is 10.8. The van der Waals surface area contributed by atoms with Gasteiger partial charge in [0.05, 0.1) is 5.92 Å². The zero-order chi connectivity index (χ0) is 11.5. The van der Waals surface area contributed by atoms with Crippen LogP contribution in [0.15, 0.2) is 0 Å². The van der Waals surface area contributed by atoms with E-state index in [2.05, 4.69) is 13.8 Å². The minimum atomic E-state index is -0.646. The van der Waals surface area contributed by atoms with Gasteiger partial charge in [-0.25, -0.2) is 0 Å². The van der Waals surface area contributed by atoms with Gasteiger partial charge in [0.15, 0.2) is 0 Å². The zero-order valence-corrected chi connectivity index (χ0v) is 10.0. The molecule has 0 aromatic heterocycles. The fourth-order valence-electron chi connectivity index (χ4n) is 1.81. The number of rotatable bonds is 10. The van der Waals surface area contributed by atoms with Crippen LogP contribution in [0.3, 0.4) is 0 Å². The Labute approximate surface area is 122 Å². The Bertz CT molecular complexity index is 160. The minimum absolute atomic E-state index is 0. The molecule has 1 radical (unpaired) electrons. The number of hydrogen-bond donors (Lipinski definition) is 1. The topological polar surface area (TPSA) is 37.3 Å². The van der Waals surface area contributed by atoms with E-state index >= 15 is 0 Å². The molecule has 16 heavy (non-hydrogen) atoms. The molecule has 1 unspecified atom stereocenters. The van der Waals surface area contributed by atoms with E-state index < -0.39 is 5.97 Å². The number of unbranched alkanes of at least 4 members (excludes halogenated alkanes) is 5. The normalized spacial score (nSPS) is 11.9. The molecular formula is C13H26NaO2. The van der Waals surface area contributed by atoms with Crippen LogP contribution in [0.1, 0.15) is 64.7 Å². The van der Waals surface area contributed by atoms with Crippen LogP contribution in [0.25, 0.3) is 0 Å². The van der Waals surface area contributed by atoms with Gasteiger partial charge in [-0.15, -0.1) is 0 Å². The molecule has 1 atom stereocenters. The molecule has 2 nitrogen and oxygen atoms in total. The van der Waals surface area contributed by atoms with Crippen molar-refractivity contribution in [1.82, 2.24) is 0 Å². The SMILES string of the molecule is [CH2]CCC(CCCCCCCC)C(=O)O.[NaH]. The summed E-state index contributed by atoms with van der Waals surface area (Å²) < 4.78 is 0. The average molecular weight is 237 g/mol. The average Bonchev–Trinajstić information content (AvgIpc) is 2.21. The van der Waals surface area contributed by atoms with Gasteiger partial charge >= 0.3 is 35.5 Å². The second kappa shape index (κ2) is 13.5. The summed E-state index contributed by atoms with van der Waals surface area (Å²) in [5.41, 5.74) is 0. The molecule has 0 fully saturated rings. The van der Waals surface area contributed by atoms with Crippen LogP contribution in [0.2, 0.25) is 0 Å². The van der Waals surface area contributed by atoms with Gasteiger partial charge in [-0.3, -0.25) is 4.79 Å². The molecule has 0 bridgehead atoms. The number of hydrogen-bond acceptors (Lipinski definition) is 1. The van der Waals surface area contributed by atoms with Crippen molar-refractivity contribution >= 4 is 35.5 Å². The van der Waals surface area contributed by atoms with E-state index in [0.717, 1.165) is 25.7 Å². The Hall–Kier alpha value is 0.470. The number of aliphatic carboxylic acids is 1. The fraction of sp³-hybridized carbons (Fsp3) is 0.846. The molecule has 1 N–H and O–H groups in total. The first-order chi connectivity index (χ1) is 7.22. The van der Waals surface area contributed by atoms with E-state index in [1.165, 1.54) is 32.1 Å². The Kier molecular flexibility index (Phi) is 15.9. The Balaban J connectivity index is 0. The van der Waals surface area contributed by atoms with Crippen molar-refractivity contribution in [3.05, 3.63) is 6.92 Å². The van der Waals surface area contributed by atoms with Crippen molar-refractivity contribution in [2.75, 3.05) is 0 Å². The number of carboxylic acid groups (broad SMARTS) is 1. The molecule has 0 saturated heterocycles. The maximum absolute atomic E-state index is 10.8. The summed E-state index contributed by atoms with van der Waals surface area (Å²) in [4.78, 5) is 10.8. The van der Waals surface area contributed by atoms with E-state index in [-0.39, 0.29) is 35.5 Å². The van der Waals surface area contributed by atoms with Gasteiger partial charge in [-0.2, -0.15) is 0 Å². The molecule has 0 aliphatic rings. The van der Waals surface area contributed by atoms with Crippen LogP contribution in [-0.2, 0) is 4.79 Å². The van der Waals surface area contributed by atoms with Crippen molar-refractivity contribution in [3.8, 4) is 0 Å². The molecule has 0 aliphatic heterocycles.